The molecule has 0 saturated carbocycles. The Labute approximate surface area is 72.4 Å². The molecule has 0 fully saturated rings. The maximum Gasteiger partial charge on any atom is 0.363 e. The Kier molecular flexibility index (Phi) is 1.47. The van der Waals surface area contributed by atoms with E-state index in [0.29, 0.717) is 16.2 Å². The summed E-state index contributed by atoms with van der Waals surface area (Å²) in [6.45, 7) is 0. The van der Waals surface area contributed by atoms with Gasteiger partial charge in [0.05, 0.1) is 0 Å². The topological polar surface area (TPSA) is 26.3 Å². The van der Waals surface area contributed by atoms with E-state index in [4.69, 9.17) is 20.4 Å². The zero-order valence-corrected chi connectivity index (χ0v) is 6.91. The lowest BCUT2D eigenvalue weighted by Crippen LogP contribution is -1.62. The molecule has 0 unspecified atom stereocenters. The van der Waals surface area contributed by atoms with E-state index in [0.717, 1.165) is 0 Å². The summed E-state index contributed by atoms with van der Waals surface area (Å²) in [7, 11) is 0. The van der Waals surface area contributed by atoms with Gasteiger partial charge in [-0.15, -0.1) is 0 Å². The standard InChI is InChI=1S/C7H3ClO2S/c8-4-1-2-5-6(3-4)10-7(11)9-5/h1-3H. The van der Waals surface area contributed by atoms with E-state index in [1.165, 1.54) is 0 Å². The van der Waals surface area contributed by atoms with Gasteiger partial charge in [-0.1, -0.05) is 11.6 Å². The van der Waals surface area contributed by atoms with Crippen LogP contribution in [0, 0.1) is 4.90 Å². The summed E-state index contributed by atoms with van der Waals surface area (Å²) in [6, 6.07) is 5.10. The molecule has 0 radical (unpaired) electrons. The van der Waals surface area contributed by atoms with Crippen molar-refractivity contribution in [3.8, 4) is 0 Å². The predicted molar refractivity (Wildman–Crippen MR) is 44.3 cm³/mol. The minimum absolute atomic E-state index is 0.127. The Balaban J connectivity index is 2.92. The average Bonchev–Trinajstić information content (AvgIpc) is 2.27. The quantitative estimate of drug-likeness (QED) is 0.590. The molecule has 1 aromatic heterocycles. The molecule has 4 heteroatoms. The summed E-state index contributed by atoms with van der Waals surface area (Å²) in [5.74, 6) is 0. The van der Waals surface area contributed by atoms with E-state index in [2.05, 4.69) is 12.2 Å². The van der Waals surface area contributed by atoms with Crippen molar-refractivity contribution in [1.82, 2.24) is 0 Å². The molecule has 1 aromatic carbocycles. The van der Waals surface area contributed by atoms with Gasteiger partial charge in [0.25, 0.3) is 0 Å². The summed E-state index contributed by atoms with van der Waals surface area (Å²) >= 11 is 10.4. The summed E-state index contributed by atoms with van der Waals surface area (Å²) < 4.78 is 10.0. The summed E-state index contributed by atoms with van der Waals surface area (Å²) in [5.41, 5.74) is 1.21. The third-order valence-electron chi connectivity index (χ3n) is 1.29. The lowest BCUT2D eigenvalue weighted by Gasteiger charge is -1.84. The lowest BCUT2D eigenvalue weighted by atomic mass is 10.3. The molecule has 0 amide bonds. The van der Waals surface area contributed by atoms with Crippen molar-refractivity contribution in [2.24, 2.45) is 0 Å². The number of fused-ring (bicyclic) bond motifs is 1. The molecule has 0 aliphatic heterocycles. The van der Waals surface area contributed by atoms with Crippen molar-refractivity contribution >= 4 is 35.0 Å². The minimum atomic E-state index is 0.127. The van der Waals surface area contributed by atoms with Gasteiger partial charge in [-0.25, -0.2) is 0 Å². The normalized spacial score (nSPS) is 10.6. The maximum absolute atomic E-state index is 5.69. The Morgan fingerprint density at radius 1 is 1.18 bits per heavy atom. The SMILES string of the molecule is S=c1oc2ccc(Cl)cc2o1. The molecule has 1 heterocycles. The van der Waals surface area contributed by atoms with Crippen molar-refractivity contribution in [3.63, 3.8) is 0 Å². The van der Waals surface area contributed by atoms with Gasteiger partial charge in [0.2, 0.25) is 0 Å². The molecule has 0 aliphatic rings. The van der Waals surface area contributed by atoms with Gasteiger partial charge in [0.1, 0.15) is 0 Å². The van der Waals surface area contributed by atoms with Crippen LogP contribution in [0.1, 0.15) is 0 Å². The summed E-state index contributed by atoms with van der Waals surface area (Å²) in [5, 5.41) is 0.608. The molecule has 11 heavy (non-hydrogen) atoms. The highest BCUT2D eigenvalue weighted by molar-refractivity contribution is 7.71. The zero-order valence-electron chi connectivity index (χ0n) is 5.33. The molecular weight excluding hydrogens is 184 g/mol. The first kappa shape index (κ1) is 6.88. The van der Waals surface area contributed by atoms with Crippen LogP contribution in [0.2, 0.25) is 5.02 Å². The van der Waals surface area contributed by atoms with Crippen molar-refractivity contribution < 1.29 is 8.83 Å². The second kappa shape index (κ2) is 2.36. The van der Waals surface area contributed by atoms with Gasteiger partial charge in [-0.2, -0.15) is 0 Å². The predicted octanol–water partition coefficient (Wildman–Crippen LogP) is 3.41. The first-order chi connectivity index (χ1) is 5.25. The van der Waals surface area contributed by atoms with E-state index >= 15 is 0 Å². The second-order valence-electron chi connectivity index (χ2n) is 2.05. The molecule has 0 spiro atoms. The van der Waals surface area contributed by atoms with Crippen LogP contribution in [0.5, 0.6) is 0 Å². The average molecular weight is 187 g/mol. The number of rotatable bonds is 0. The van der Waals surface area contributed by atoms with Crippen molar-refractivity contribution in [2.45, 2.75) is 0 Å². The van der Waals surface area contributed by atoms with Crippen molar-refractivity contribution in [3.05, 3.63) is 28.1 Å². The van der Waals surface area contributed by atoms with E-state index in [-0.39, 0.29) is 4.90 Å². The molecule has 2 nitrogen and oxygen atoms in total. The maximum atomic E-state index is 5.69. The van der Waals surface area contributed by atoms with Crippen LogP contribution in [-0.4, -0.2) is 0 Å². The Morgan fingerprint density at radius 3 is 2.73 bits per heavy atom. The van der Waals surface area contributed by atoms with Crippen molar-refractivity contribution in [2.75, 3.05) is 0 Å². The number of hydrogen-bond acceptors (Lipinski definition) is 3. The number of halogens is 1. The molecule has 0 bridgehead atoms. The lowest BCUT2D eigenvalue weighted by molar-refractivity contribution is 0.444. The second-order valence-corrected chi connectivity index (χ2v) is 2.81. The molecule has 2 rings (SSSR count). The van der Waals surface area contributed by atoms with Crippen LogP contribution in [0.15, 0.2) is 27.0 Å². The molecule has 56 valence electrons. The van der Waals surface area contributed by atoms with Gasteiger partial charge in [0, 0.05) is 23.3 Å². The van der Waals surface area contributed by atoms with Crippen LogP contribution in [0.25, 0.3) is 11.2 Å². The van der Waals surface area contributed by atoms with Crippen LogP contribution in [-0.2, 0) is 0 Å². The summed E-state index contributed by atoms with van der Waals surface area (Å²) in [6.07, 6.45) is 0. The fraction of sp³-hybridized carbons (Fsp3) is 0. The van der Waals surface area contributed by atoms with Gasteiger partial charge in [-0.3, -0.25) is 0 Å². The van der Waals surface area contributed by atoms with Gasteiger partial charge >= 0.3 is 4.90 Å². The van der Waals surface area contributed by atoms with Gasteiger partial charge in [0.15, 0.2) is 11.2 Å². The van der Waals surface area contributed by atoms with E-state index in [1.54, 1.807) is 18.2 Å². The highest BCUT2D eigenvalue weighted by atomic mass is 35.5. The molecule has 0 N–H and O–H groups in total. The van der Waals surface area contributed by atoms with Crippen LogP contribution < -0.4 is 0 Å². The molecule has 0 aliphatic carbocycles. The fourth-order valence-electron chi connectivity index (χ4n) is 0.846. The monoisotopic (exact) mass is 186 g/mol. The molecule has 2 aromatic rings. The fourth-order valence-corrected chi connectivity index (χ4v) is 1.19. The Bertz CT molecular complexity index is 443. The molecule has 0 saturated heterocycles. The highest BCUT2D eigenvalue weighted by Crippen LogP contribution is 2.20. The first-order valence-electron chi connectivity index (χ1n) is 2.95. The number of hydrogen-bond donors (Lipinski definition) is 0. The van der Waals surface area contributed by atoms with Gasteiger partial charge < -0.3 is 8.83 Å². The largest absolute Gasteiger partial charge is 0.413 e. The van der Waals surface area contributed by atoms with Crippen LogP contribution in [0.4, 0.5) is 0 Å². The van der Waals surface area contributed by atoms with E-state index < -0.39 is 0 Å². The van der Waals surface area contributed by atoms with E-state index in [9.17, 15) is 0 Å². The third-order valence-corrected chi connectivity index (χ3v) is 1.69. The van der Waals surface area contributed by atoms with Crippen molar-refractivity contribution in [1.29, 1.82) is 0 Å². The smallest absolute Gasteiger partial charge is 0.363 e. The molecule has 0 atom stereocenters. The highest BCUT2D eigenvalue weighted by Gasteiger charge is 2.00. The molecular formula is C7H3ClO2S. The first-order valence-corrected chi connectivity index (χ1v) is 3.73. The number of benzene rings is 1. The van der Waals surface area contributed by atoms with E-state index in [1.807, 2.05) is 0 Å². The van der Waals surface area contributed by atoms with Gasteiger partial charge in [-0.05, 0) is 12.1 Å². The van der Waals surface area contributed by atoms with Crippen LogP contribution >= 0.6 is 23.8 Å². The summed E-state index contributed by atoms with van der Waals surface area (Å²) in [4.78, 5) is 0.127. The zero-order chi connectivity index (χ0) is 7.84. The Morgan fingerprint density at radius 2 is 1.91 bits per heavy atom. The third kappa shape index (κ3) is 1.17. The Hall–Kier alpha value is -0.800. The van der Waals surface area contributed by atoms with Crippen LogP contribution in [0.3, 0.4) is 0 Å². The minimum Gasteiger partial charge on any atom is -0.413 e.